The smallest absolute Gasteiger partial charge is 0.320 e. The minimum absolute atomic E-state index is 0.479. The lowest BCUT2D eigenvalue weighted by Crippen LogP contribution is -2.36. The predicted octanol–water partition coefficient (Wildman–Crippen LogP) is 1.38. The third-order valence-electron chi connectivity index (χ3n) is 2.18. The maximum atomic E-state index is 10.9. The molecule has 0 amide bonds. The Hall–Kier alpha value is -1.07. The molecule has 1 rings (SSSR count). The average Bonchev–Trinajstić information content (AvgIpc) is 2.30. The number of pyridine rings is 1. The second kappa shape index (κ2) is 7.24. The summed E-state index contributed by atoms with van der Waals surface area (Å²) in [5.41, 5.74) is 0.998. The van der Waals surface area contributed by atoms with Crippen LogP contribution in [0.15, 0.2) is 24.5 Å². The molecule has 1 aromatic rings. The number of aromatic nitrogens is 1. The predicted molar refractivity (Wildman–Crippen MR) is 65.5 cm³/mol. The highest BCUT2D eigenvalue weighted by Crippen LogP contribution is 2.03. The molecule has 1 atom stereocenters. The fourth-order valence-corrected chi connectivity index (χ4v) is 1.76. The summed E-state index contributed by atoms with van der Waals surface area (Å²) in [6.45, 7) is 0.541. The number of carboxylic acids is 1. The molecule has 0 saturated carbocycles. The van der Waals surface area contributed by atoms with Gasteiger partial charge in [-0.25, -0.2) is 0 Å². The van der Waals surface area contributed by atoms with Crippen molar-refractivity contribution in [1.82, 2.24) is 10.3 Å². The van der Waals surface area contributed by atoms with Gasteiger partial charge in [0.2, 0.25) is 0 Å². The van der Waals surface area contributed by atoms with Gasteiger partial charge in [-0.15, -0.1) is 0 Å². The van der Waals surface area contributed by atoms with Crippen LogP contribution in [-0.4, -0.2) is 34.1 Å². The highest BCUT2D eigenvalue weighted by molar-refractivity contribution is 7.98. The summed E-state index contributed by atoms with van der Waals surface area (Å²) in [4.78, 5) is 14.9. The highest BCUT2D eigenvalue weighted by atomic mass is 32.2. The number of carbonyl (C=O) groups is 1. The molecule has 5 heteroatoms. The minimum atomic E-state index is -0.794. The van der Waals surface area contributed by atoms with E-state index in [1.165, 1.54) is 0 Å². The monoisotopic (exact) mass is 240 g/mol. The van der Waals surface area contributed by atoms with Gasteiger partial charge in [-0.3, -0.25) is 9.78 Å². The lowest BCUT2D eigenvalue weighted by atomic mass is 10.2. The first-order valence-corrected chi connectivity index (χ1v) is 6.47. The molecule has 0 unspecified atom stereocenters. The van der Waals surface area contributed by atoms with Crippen molar-refractivity contribution in [2.24, 2.45) is 0 Å². The summed E-state index contributed by atoms with van der Waals surface area (Å²) in [5.74, 6) is 0.0507. The van der Waals surface area contributed by atoms with Crippen molar-refractivity contribution < 1.29 is 9.90 Å². The van der Waals surface area contributed by atoms with E-state index in [-0.39, 0.29) is 0 Å². The van der Waals surface area contributed by atoms with E-state index in [1.807, 2.05) is 18.4 Å². The zero-order chi connectivity index (χ0) is 11.8. The Morgan fingerprint density at radius 1 is 1.69 bits per heavy atom. The van der Waals surface area contributed by atoms with Gasteiger partial charge in [-0.05, 0) is 30.1 Å². The molecule has 0 spiro atoms. The van der Waals surface area contributed by atoms with Gasteiger partial charge in [-0.1, -0.05) is 6.07 Å². The minimum Gasteiger partial charge on any atom is -0.480 e. The second-order valence-electron chi connectivity index (χ2n) is 3.41. The highest BCUT2D eigenvalue weighted by Gasteiger charge is 2.15. The molecule has 88 valence electrons. The number of carboxylic acid groups (broad SMARTS) is 1. The van der Waals surface area contributed by atoms with Crippen molar-refractivity contribution in [1.29, 1.82) is 0 Å². The molecule has 0 aliphatic carbocycles. The number of hydrogen-bond donors (Lipinski definition) is 2. The summed E-state index contributed by atoms with van der Waals surface area (Å²) in [5, 5.41) is 12.0. The number of aliphatic carboxylic acids is 1. The summed E-state index contributed by atoms with van der Waals surface area (Å²) < 4.78 is 0. The van der Waals surface area contributed by atoms with Gasteiger partial charge in [-0.2, -0.15) is 11.8 Å². The van der Waals surface area contributed by atoms with Gasteiger partial charge >= 0.3 is 5.97 Å². The van der Waals surface area contributed by atoms with E-state index >= 15 is 0 Å². The normalized spacial score (nSPS) is 12.3. The van der Waals surface area contributed by atoms with Crippen molar-refractivity contribution in [3.8, 4) is 0 Å². The molecule has 0 aromatic carbocycles. The first-order chi connectivity index (χ1) is 7.74. The van der Waals surface area contributed by atoms with Gasteiger partial charge in [0, 0.05) is 18.9 Å². The maximum absolute atomic E-state index is 10.9. The Labute approximate surface area is 99.5 Å². The van der Waals surface area contributed by atoms with E-state index in [4.69, 9.17) is 5.11 Å². The van der Waals surface area contributed by atoms with Crippen LogP contribution in [0.1, 0.15) is 12.0 Å². The topological polar surface area (TPSA) is 62.2 Å². The van der Waals surface area contributed by atoms with Gasteiger partial charge in [0.25, 0.3) is 0 Å². The molecule has 2 N–H and O–H groups in total. The molecule has 16 heavy (non-hydrogen) atoms. The number of nitrogens with zero attached hydrogens (tertiary/aromatic N) is 1. The molecule has 0 bridgehead atoms. The largest absolute Gasteiger partial charge is 0.480 e. The summed E-state index contributed by atoms with van der Waals surface area (Å²) in [6.07, 6.45) is 6.04. The zero-order valence-electron chi connectivity index (χ0n) is 9.22. The number of thioether (sulfide) groups is 1. The van der Waals surface area contributed by atoms with E-state index in [2.05, 4.69) is 10.3 Å². The molecular weight excluding hydrogens is 224 g/mol. The lowest BCUT2D eigenvalue weighted by Gasteiger charge is -2.13. The number of rotatable bonds is 7. The molecule has 0 fully saturated rings. The van der Waals surface area contributed by atoms with E-state index in [0.717, 1.165) is 11.3 Å². The lowest BCUT2D eigenvalue weighted by molar-refractivity contribution is -0.139. The van der Waals surface area contributed by atoms with Crippen LogP contribution in [0, 0.1) is 0 Å². The van der Waals surface area contributed by atoms with Crippen LogP contribution in [0.4, 0.5) is 0 Å². The molecule has 1 heterocycles. The van der Waals surface area contributed by atoms with E-state index in [9.17, 15) is 4.79 Å². The molecule has 0 radical (unpaired) electrons. The number of nitrogens with one attached hydrogen (secondary N) is 1. The Balaban J connectivity index is 2.41. The maximum Gasteiger partial charge on any atom is 0.320 e. The van der Waals surface area contributed by atoms with E-state index in [0.29, 0.717) is 13.0 Å². The van der Waals surface area contributed by atoms with Crippen LogP contribution in [0.5, 0.6) is 0 Å². The van der Waals surface area contributed by atoms with E-state index in [1.54, 1.807) is 24.2 Å². The Morgan fingerprint density at radius 3 is 3.06 bits per heavy atom. The zero-order valence-corrected chi connectivity index (χ0v) is 10.0. The molecule has 1 aromatic heterocycles. The van der Waals surface area contributed by atoms with Crippen molar-refractivity contribution in [2.45, 2.75) is 19.0 Å². The van der Waals surface area contributed by atoms with Crippen molar-refractivity contribution >= 4 is 17.7 Å². The van der Waals surface area contributed by atoms with Gasteiger partial charge < -0.3 is 10.4 Å². The third-order valence-corrected chi connectivity index (χ3v) is 2.83. The van der Waals surface area contributed by atoms with Crippen LogP contribution in [0.3, 0.4) is 0 Å². The Bertz CT molecular complexity index is 319. The molecule has 0 saturated heterocycles. The molecule has 0 aliphatic heterocycles. The van der Waals surface area contributed by atoms with Crippen molar-refractivity contribution in [3.05, 3.63) is 30.1 Å². The van der Waals surface area contributed by atoms with Crippen LogP contribution in [-0.2, 0) is 11.3 Å². The van der Waals surface area contributed by atoms with Crippen molar-refractivity contribution in [2.75, 3.05) is 12.0 Å². The average molecular weight is 240 g/mol. The van der Waals surface area contributed by atoms with Crippen LogP contribution in [0.2, 0.25) is 0 Å². The fraction of sp³-hybridized carbons (Fsp3) is 0.455. The van der Waals surface area contributed by atoms with E-state index < -0.39 is 12.0 Å². The van der Waals surface area contributed by atoms with Gasteiger partial charge in [0.1, 0.15) is 6.04 Å². The second-order valence-corrected chi connectivity index (χ2v) is 4.40. The SMILES string of the molecule is CSCC[C@H](NCc1cccnc1)C(=O)O. The van der Waals surface area contributed by atoms with Crippen molar-refractivity contribution in [3.63, 3.8) is 0 Å². The van der Waals surface area contributed by atoms with Crippen LogP contribution in [0.25, 0.3) is 0 Å². The first-order valence-electron chi connectivity index (χ1n) is 5.08. The fourth-order valence-electron chi connectivity index (χ4n) is 1.29. The van der Waals surface area contributed by atoms with Crippen LogP contribution < -0.4 is 5.32 Å². The standard InChI is InChI=1S/C11H16N2O2S/c1-16-6-4-10(11(14)15)13-8-9-3-2-5-12-7-9/h2-3,5,7,10,13H,4,6,8H2,1H3,(H,14,15)/t10-/m0/s1. The molecule has 0 aliphatic rings. The first kappa shape index (κ1) is 13.0. The number of hydrogen-bond acceptors (Lipinski definition) is 4. The Kier molecular flexibility index (Phi) is 5.88. The summed E-state index contributed by atoms with van der Waals surface area (Å²) >= 11 is 1.65. The molecule has 4 nitrogen and oxygen atoms in total. The quantitative estimate of drug-likeness (QED) is 0.754. The Morgan fingerprint density at radius 2 is 2.50 bits per heavy atom. The third kappa shape index (κ3) is 4.63. The van der Waals surface area contributed by atoms with Gasteiger partial charge in [0.05, 0.1) is 0 Å². The summed E-state index contributed by atoms with van der Waals surface area (Å²) in [7, 11) is 0. The van der Waals surface area contributed by atoms with Crippen LogP contribution >= 0.6 is 11.8 Å². The molecular formula is C11H16N2O2S. The van der Waals surface area contributed by atoms with Gasteiger partial charge in [0.15, 0.2) is 0 Å². The summed E-state index contributed by atoms with van der Waals surface area (Å²) in [6, 6.07) is 3.29.